The van der Waals surface area contributed by atoms with Gasteiger partial charge in [0, 0.05) is 17.2 Å². The lowest BCUT2D eigenvalue weighted by atomic mass is 10.2. The number of hydrogen-bond donors (Lipinski definition) is 2. The Hall–Kier alpha value is -1.86. The second-order valence-corrected chi connectivity index (χ2v) is 5.84. The molecule has 0 spiro atoms. The van der Waals surface area contributed by atoms with Crippen LogP contribution in [0, 0.1) is 0 Å². The zero-order valence-electron chi connectivity index (χ0n) is 12.0. The Kier molecular flexibility index (Phi) is 5.97. The van der Waals surface area contributed by atoms with E-state index in [9.17, 15) is 9.90 Å². The fourth-order valence-corrected chi connectivity index (χ4v) is 2.37. The minimum absolute atomic E-state index is 0.199. The maximum absolute atomic E-state index is 10.9. The zero-order chi connectivity index (χ0) is 15.9. The number of primary amides is 1. The number of aromatic nitrogens is 2. The first-order valence-electron chi connectivity index (χ1n) is 6.92. The minimum Gasteiger partial charge on any atom is -0.494 e. The number of nitrogens with two attached hydrogens (primary N) is 1. The van der Waals surface area contributed by atoms with Crippen molar-refractivity contribution in [3.05, 3.63) is 47.0 Å². The lowest BCUT2D eigenvalue weighted by Crippen LogP contribution is -2.16. The van der Waals surface area contributed by atoms with Gasteiger partial charge in [-0.15, -0.1) is 0 Å². The number of carbonyl (C=O) groups excluding carboxylic acids is 1. The first-order valence-corrected chi connectivity index (χ1v) is 7.72. The van der Waals surface area contributed by atoms with Crippen LogP contribution in [0.2, 0.25) is 0 Å². The van der Waals surface area contributed by atoms with E-state index >= 15 is 0 Å². The van der Waals surface area contributed by atoms with Gasteiger partial charge in [0.25, 0.3) is 5.91 Å². The smallest absolute Gasteiger partial charge is 0.268 e. The Morgan fingerprint density at radius 1 is 1.50 bits per heavy atom. The molecule has 0 fully saturated rings. The van der Waals surface area contributed by atoms with Crippen LogP contribution in [0.25, 0.3) is 0 Å². The third-order valence-electron chi connectivity index (χ3n) is 3.05. The molecule has 1 heterocycles. The monoisotopic (exact) mass is 367 g/mol. The lowest BCUT2D eigenvalue weighted by molar-refractivity contribution is 0.0995. The highest BCUT2D eigenvalue weighted by Gasteiger charge is 2.09. The van der Waals surface area contributed by atoms with Crippen LogP contribution in [-0.2, 0) is 6.54 Å². The van der Waals surface area contributed by atoms with Gasteiger partial charge in [-0.25, -0.2) is 4.98 Å². The Balaban J connectivity index is 1.69. The highest BCUT2D eigenvalue weighted by molar-refractivity contribution is 9.10. The van der Waals surface area contributed by atoms with Gasteiger partial charge in [-0.1, -0.05) is 22.0 Å². The molecule has 1 aromatic carbocycles. The largest absolute Gasteiger partial charge is 0.494 e. The van der Waals surface area contributed by atoms with Crippen molar-refractivity contribution in [2.45, 2.75) is 25.5 Å². The van der Waals surface area contributed by atoms with E-state index in [1.54, 1.807) is 4.57 Å². The Morgan fingerprint density at radius 2 is 2.32 bits per heavy atom. The van der Waals surface area contributed by atoms with E-state index in [1.807, 2.05) is 24.3 Å². The lowest BCUT2D eigenvalue weighted by Gasteiger charge is -2.11. The average Bonchev–Trinajstić information content (AvgIpc) is 2.92. The molecule has 0 saturated carbocycles. The van der Waals surface area contributed by atoms with E-state index in [0.717, 1.165) is 16.6 Å². The highest BCUT2D eigenvalue weighted by Crippen LogP contribution is 2.18. The summed E-state index contributed by atoms with van der Waals surface area (Å²) in [5.74, 6) is 0.222. The van der Waals surface area contributed by atoms with Gasteiger partial charge in [0.05, 0.1) is 19.0 Å². The number of halogens is 1. The van der Waals surface area contributed by atoms with E-state index in [-0.39, 0.29) is 5.69 Å². The Morgan fingerprint density at radius 3 is 3.00 bits per heavy atom. The van der Waals surface area contributed by atoms with Crippen LogP contribution in [0.5, 0.6) is 5.75 Å². The summed E-state index contributed by atoms with van der Waals surface area (Å²) in [6.07, 6.45) is 3.81. The molecule has 2 rings (SSSR count). The molecular formula is C15H18BrN3O3. The molecule has 7 heteroatoms. The Bertz CT molecular complexity index is 630. The fraction of sp³-hybridized carbons (Fsp3) is 0.333. The predicted octanol–water partition coefficient (Wildman–Crippen LogP) is 1.96. The number of carbonyl (C=O) groups is 1. The van der Waals surface area contributed by atoms with Crippen molar-refractivity contribution in [1.82, 2.24) is 9.55 Å². The number of rotatable bonds is 8. The molecule has 0 aliphatic heterocycles. The maximum atomic E-state index is 10.9. The van der Waals surface area contributed by atoms with Crippen molar-refractivity contribution in [2.24, 2.45) is 5.73 Å². The molecule has 0 radical (unpaired) electrons. The average molecular weight is 368 g/mol. The van der Waals surface area contributed by atoms with Gasteiger partial charge in [0.1, 0.15) is 11.4 Å². The van der Waals surface area contributed by atoms with Crippen molar-refractivity contribution < 1.29 is 14.6 Å². The SMILES string of the molecule is NC(=O)c1cn(CC(O)CCCOc2cccc(Br)c2)cn1. The van der Waals surface area contributed by atoms with E-state index in [1.165, 1.54) is 12.5 Å². The first-order chi connectivity index (χ1) is 10.5. The molecule has 22 heavy (non-hydrogen) atoms. The molecule has 0 bridgehead atoms. The summed E-state index contributed by atoms with van der Waals surface area (Å²) in [5.41, 5.74) is 5.32. The van der Waals surface area contributed by atoms with Crippen molar-refractivity contribution in [3.8, 4) is 5.75 Å². The molecule has 1 atom stereocenters. The van der Waals surface area contributed by atoms with Gasteiger partial charge >= 0.3 is 0 Å². The fourth-order valence-electron chi connectivity index (χ4n) is 1.99. The van der Waals surface area contributed by atoms with Crippen LogP contribution in [0.4, 0.5) is 0 Å². The van der Waals surface area contributed by atoms with Gasteiger partial charge in [-0.05, 0) is 31.0 Å². The van der Waals surface area contributed by atoms with Crippen LogP contribution in [0.1, 0.15) is 23.3 Å². The summed E-state index contributed by atoms with van der Waals surface area (Å²) < 4.78 is 8.22. The number of benzene rings is 1. The third kappa shape index (κ3) is 5.16. The van der Waals surface area contributed by atoms with Gasteiger partial charge in [0.2, 0.25) is 0 Å². The molecule has 6 nitrogen and oxygen atoms in total. The van der Waals surface area contributed by atoms with Crippen molar-refractivity contribution in [3.63, 3.8) is 0 Å². The topological polar surface area (TPSA) is 90.4 Å². The molecule has 0 aliphatic rings. The predicted molar refractivity (Wildman–Crippen MR) is 85.6 cm³/mol. The standard InChI is InChI=1S/C15H18BrN3O3/c16-11-3-1-5-13(7-11)22-6-2-4-12(20)8-19-9-14(15(17)21)18-10-19/h1,3,5,7,9-10,12,20H,2,4,6,8H2,(H2,17,21). The van der Waals surface area contributed by atoms with Crippen LogP contribution >= 0.6 is 15.9 Å². The van der Waals surface area contributed by atoms with Gasteiger partial charge in [-0.3, -0.25) is 4.79 Å². The molecule has 118 valence electrons. The van der Waals surface area contributed by atoms with Gasteiger partial charge in [0.15, 0.2) is 0 Å². The van der Waals surface area contributed by atoms with Gasteiger partial charge < -0.3 is 20.1 Å². The molecule has 2 aromatic rings. The van der Waals surface area contributed by atoms with Crippen LogP contribution in [0.15, 0.2) is 41.3 Å². The Labute approximate surface area is 137 Å². The number of aliphatic hydroxyl groups is 1. The van der Waals surface area contributed by atoms with Crippen molar-refractivity contribution in [1.29, 1.82) is 0 Å². The van der Waals surface area contributed by atoms with E-state index in [0.29, 0.717) is 19.6 Å². The molecular weight excluding hydrogens is 350 g/mol. The first kappa shape index (κ1) is 16.5. The molecule has 1 aromatic heterocycles. The minimum atomic E-state index is -0.573. The van der Waals surface area contributed by atoms with E-state index < -0.39 is 12.0 Å². The summed E-state index contributed by atoms with van der Waals surface area (Å²) in [6, 6.07) is 7.62. The molecule has 3 N–H and O–H groups in total. The molecule has 1 amide bonds. The van der Waals surface area contributed by atoms with Crippen molar-refractivity contribution >= 4 is 21.8 Å². The van der Waals surface area contributed by atoms with Crippen molar-refractivity contribution in [2.75, 3.05) is 6.61 Å². The number of nitrogens with zero attached hydrogens (tertiary/aromatic N) is 2. The molecule has 1 unspecified atom stereocenters. The summed E-state index contributed by atoms with van der Waals surface area (Å²) in [7, 11) is 0. The zero-order valence-corrected chi connectivity index (χ0v) is 13.6. The van der Waals surface area contributed by atoms with Crippen LogP contribution in [0.3, 0.4) is 0 Å². The summed E-state index contributed by atoms with van der Waals surface area (Å²) in [6.45, 7) is 0.904. The number of ether oxygens (including phenoxy) is 1. The second-order valence-electron chi connectivity index (χ2n) is 4.92. The van der Waals surface area contributed by atoms with E-state index in [2.05, 4.69) is 20.9 Å². The van der Waals surface area contributed by atoms with Crippen LogP contribution < -0.4 is 10.5 Å². The second kappa shape index (κ2) is 7.95. The van der Waals surface area contributed by atoms with E-state index in [4.69, 9.17) is 10.5 Å². The summed E-state index contributed by atoms with van der Waals surface area (Å²) >= 11 is 3.38. The number of amides is 1. The van der Waals surface area contributed by atoms with Gasteiger partial charge in [-0.2, -0.15) is 0 Å². The summed E-state index contributed by atoms with van der Waals surface area (Å²) in [5, 5.41) is 9.96. The normalized spacial score (nSPS) is 12.1. The summed E-state index contributed by atoms with van der Waals surface area (Å²) in [4.78, 5) is 14.8. The quantitative estimate of drug-likeness (QED) is 0.697. The third-order valence-corrected chi connectivity index (χ3v) is 3.55. The number of hydrogen-bond acceptors (Lipinski definition) is 4. The molecule has 0 aliphatic carbocycles. The molecule has 0 saturated heterocycles. The maximum Gasteiger partial charge on any atom is 0.268 e. The highest BCUT2D eigenvalue weighted by atomic mass is 79.9. The number of imidazole rings is 1. The number of aliphatic hydroxyl groups excluding tert-OH is 1. The van der Waals surface area contributed by atoms with Crippen LogP contribution in [-0.4, -0.2) is 33.3 Å².